The van der Waals surface area contributed by atoms with Crippen molar-refractivity contribution in [1.29, 1.82) is 0 Å². The molecular weight excluding hydrogens is 1090 g/mol. The van der Waals surface area contributed by atoms with E-state index in [1.54, 1.807) is 129 Å². The van der Waals surface area contributed by atoms with Crippen LogP contribution in [0.2, 0.25) is 0 Å². The van der Waals surface area contributed by atoms with Gasteiger partial charge in [0.15, 0.2) is 0 Å². The number of methoxy groups -OCH3 is 1. The fourth-order valence-corrected chi connectivity index (χ4v) is 10.2. The zero-order chi connectivity index (χ0) is 61.3. The van der Waals surface area contributed by atoms with Gasteiger partial charge >= 0.3 is 24.2 Å². The molecule has 3 aliphatic heterocycles. The number of nitrogens with one attached hydrogen (secondary N) is 1. The van der Waals surface area contributed by atoms with Gasteiger partial charge in [-0.05, 0) is 98.1 Å². The second-order valence-electron chi connectivity index (χ2n) is 22.1. The van der Waals surface area contributed by atoms with Crippen LogP contribution >= 0.6 is 0 Å². The Kier molecular flexibility index (Phi) is 22.7. The average Bonchev–Trinajstić information content (AvgIpc) is 1.73. The SMILES string of the molecule is COc1ccc(COC(=O)[C@H](CC(C)C)NC(=O)[C@H]2CCCN(C(=O)OCc3ccccc3)N2C(=O)[C@H](C)N(C)C(=O)[C@H]2CCCN(C(=O)OCc3ccccc3)N2C(=O)[C@@H]2CCCN(C(=O)OCc3ccccc3)N2C(=O)[C@H](N)C(C)C)cc1. The summed E-state index contributed by atoms with van der Waals surface area (Å²) in [7, 11) is 2.85. The van der Waals surface area contributed by atoms with E-state index in [-0.39, 0.29) is 96.9 Å². The number of benzene rings is 4. The standard InChI is InChI=1S/C62H79N9O14/c1-41(2)36-49(59(77)82-37-47-29-31-48(81-7)32-30-47)64-54(72)50-26-17-33-66(60(78)83-38-44-20-11-8-12-21-44)69(50)55(73)43(5)65(6)56(74)51-27-18-34-67(61(79)84-39-45-22-13-9-14-23-45)70(51)57(75)52-28-19-35-68(71(52)58(76)53(63)42(3)4)62(80)85-40-46-24-15-10-16-25-46/h8-16,20-25,29-32,41-43,49-53H,17-19,26-28,33-40,63H2,1-7H3,(H,64,72)/t43-,49-,50+,51+,52-,53+/m0/s1. The first-order chi connectivity index (χ1) is 40.8. The highest BCUT2D eigenvalue weighted by molar-refractivity contribution is 5.98. The number of nitrogens with two attached hydrogens (primary N) is 1. The molecule has 3 fully saturated rings. The largest absolute Gasteiger partial charge is 0.497 e. The maximum absolute atomic E-state index is 15.7. The summed E-state index contributed by atoms with van der Waals surface area (Å²) in [5.41, 5.74) is 9.11. The maximum atomic E-state index is 15.7. The van der Waals surface area contributed by atoms with Crippen molar-refractivity contribution in [2.24, 2.45) is 17.6 Å². The Morgan fingerprint density at radius 2 is 0.953 bits per heavy atom. The van der Waals surface area contributed by atoms with E-state index in [1.807, 2.05) is 13.8 Å². The highest BCUT2D eigenvalue weighted by atomic mass is 16.6. The van der Waals surface area contributed by atoms with Crippen molar-refractivity contribution in [1.82, 2.24) is 40.3 Å². The third-order valence-corrected chi connectivity index (χ3v) is 15.1. The van der Waals surface area contributed by atoms with E-state index in [4.69, 9.17) is 29.4 Å². The van der Waals surface area contributed by atoms with Gasteiger partial charge in [0, 0.05) is 26.7 Å². The number of hydrogen-bond donors (Lipinski definition) is 2. The molecule has 3 saturated heterocycles. The molecule has 3 N–H and O–H groups in total. The van der Waals surface area contributed by atoms with Crippen molar-refractivity contribution < 1.29 is 66.8 Å². The van der Waals surface area contributed by atoms with Crippen molar-refractivity contribution in [3.8, 4) is 5.75 Å². The first kappa shape index (κ1) is 63.8. The molecule has 0 spiro atoms. The van der Waals surface area contributed by atoms with Crippen LogP contribution in [-0.4, -0.2) is 159 Å². The molecule has 456 valence electrons. The molecule has 4 aromatic carbocycles. The number of hydrazine groups is 3. The normalized spacial score (nSPS) is 18.2. The molecule has 3 aliphatic rings. The van der Waals surface area contributed by atoms with E-state index in [0.29, 0.717) is 28.0 Å². The van der Waals surface area contributed by atoms with Gasteiger partial charge in [-0.2, -0.15) is 0 Å². The maximum Gasteiger partial charge on any atom is 0.429 e. The smallest absolute Gasteiger partial charge is 0.429 e. The van der Waals surface area contributed by atoms with Crippen molar-refractivity contribution in [3.63, 3.8) is 0 Å². The molecule has 0 aromatic heterocycles. The summed E-state index contributed by atoms with van der Waals surface area (Å²) in [5.74, 6) is -4.92. The lowest BCUT2D eigenvalue weighted by atomic mass is 9.99. The molecular formula is C62H79N9O14. The highest BCUT2D eigenvalue weighted by Crippen LogP contribution is 2.31. The number of hydrogen-bond acceptors (Lipinski definition) is 15. The summed E-state index contributed by atoms with van der Waals surface area (Å²) in [5, 5.41) is 8.73. The molecule has 85 heavy (non-hydrogen) atoms. The van der Waals surface area contributed by atoms with Crippen LogP contribution in [0.4, 0.5) is 14.4 Å². The fourth-order valence-electron chi connectivity index (χ4n) is 10.2. The van der Waals surface area contributed by atoms with E-state index in [0.717, 1.165) is 35.0 Å². The lowest BCUT2D eigenvalue weighted by Gasteiger charge is -2.49. The Hall–Kier alpha value is -8.73. The topological polar surface area (TPSA) is 261 Å². The lowest BCUT2D eigenvalue weighted by Crippen LogP contribution is -2.70. The molecule has 0 bridgehead atoms. The fraction of sp³-hybridized carbons (Fsp3) is 0.468. The second-order valence-corrected chi connectivity index (χ2v) is 22.1. The molecule has 0 radical (unpaired) electrons. The van der Waals surface area contributed by atoms with E-state index in [9.17, 15) is 28.8 Å². The van der Waals surface area contributed by atoms with Crippen molar-refractivity contribution in [2.45, 2.75) is 142 Å². The lowest BCUT2D eigenvalue weighted by molar-refractivity contribution is -0.186. The van der Waals surface area contributed by atoms with Gasteiger partial charge in [0.25, 0.3) is 17.7 Å². The van der Waals surface area contributed by atoms with E-state index >= 15 is 14.4 Å². The van der Waals surface area contributed by atoms with Crippen LogP contribution in [0.1, 0.15) is 102 Å². The zero-order valence-corrected chi connectivity index (χ0v) is 49.4. The number of ether oxygens (including phenoxy) is 5. The average molecular weight is 1170 g/mol. The van der Waals surface area contributed by atoms with Crippen LogP contribution in [-0.2, 0) is 74.1 Å². The molecule has 23 heteroatoms. The van der Waals surface area contributed by atoms with Crippen LogP contribution in [0.15, 0.2) is 115 Å². The van der Waals surface area contributed by atoms with Crippen molar-refractivity contribution in [3.05, 3.63) is 138 Å². The zero-order valence-electron chi connectivity index (χ0n) is 49.4. The molecule has 0 saturated carbocycles. The van der Waals surface area contributed by atoms with Gasteiger partial charge in [-0.15, -0.1) is 0 Å². The van der Waals surface area contributed by atoms with Crippen LogP contribution in [0.5, 0.6) is 5.75 Å². The van der Waals surface area contributed by atoms with Crippen LogP contribution in [0.3, 0.4) is 0 Å². The summed E-state index contributed by atoms with van der Waals surface area (Å²) in [6.07, 6.45) is -2.23. The third-order valence-electron chi connectivity index (χ3n) is 15.1. The minimum absolute atomic E-state index is 0.0264. The Labute approximate surface area is 496 Å². The van der Waals surface area contributed by atoms with E-state index in [1.165, 1.54) is 21.1 Å². The van der Waals surface area contributed by atoms with Gasteiger partial charge in [-0.1, -0.05) is 131 Å². The van der Waals surface area contributed by atoms with E-state index in [2.05, 4.69) is 5.32 Å². The number of nitrogens with zero attached hydrogens (tertiary/aromatic N) is 7. The number of likely N-dealkylation sites (N-methyl/N-ethyl adjacent to an activating group) is 1. The minimum Gasteiger partial charge on any atom is -0.497 e. The predicted molar refractivity (Wildman–Crippen MR) is 309 cm³/mol. The van der Waals surface area contributed by atoms with Crippen molar-refractivity contribution in [2.75, 3.05) is 33.8 Å². The summed E-state index contributed by atoms with van der Waals surface area (Å²) in [6, 6.07) is 25.1. The predicted octanol–water partition coefficient (Wildman–Crippen LogP) is 6.73. The molecule has 3 heterocycles. The van der Waals surface area contributed by atoms with Gasteiger partial charge in [-0.3, -0.25) is 24.0 Å². The number of amides is 8. The third kappa shape index (κ3) is 16.3. The molecule has 7 rings (SSSR count). The van der Waals surface area contributed by atoms with Gasteiger partial charge in [0.1, 0.15) is 62.4 Å². The number of esters is 1. The summed E-state index contributed by atoms with van der Waals surface area (Å²) >= 11 is 0. The summed E-state index contributed by atoms with van der Waals surface area (Å²) in [6.45, 7) is 7.65. The molecule has 0 aliphatic carbocycles. The number of carbonyl (C=O) groups excluding carboxylic acids is 9. The first-order valence-corrected chi connectivity index (χ1v) is 28.8. The summed E-state index contributed by atoms with van der Waals surface area (Å²) in [4.78, 5) is 134. The molecule has 8 amide bonds. The Morgan fingerprint density at radius 1 is 0.541 bits per heavy atom. The van der Waals surface area contributed by atoms with E-state index < -0.39 is 96.0 Å². The molecule has 6 atom stereocenters. The Balaban J connectivity index is 1.20. The Morgan fingerprint density at radius 3 is 1.40 bits per heavy atom. The van der Waals surface area contributed by atoms with Gasteiger partial charge in [0.05, 0.1) is 13.2 Å². The Bertz CT molecular complexity index is 2940. The van der Waals surface area contributed by atoms with Gasteiger partial charge in [0.2, 0.25) is 11.8 Å². The van der Waals surface area contributed by atoms with Gasteiger partial charge < -0.3 is 39.6 Å². The molecule has 0 unspecified atom stereocenters. The van der Waals surface area contributed by atoms with Gasteiger partial charge in [-0.25, -0.2) is 49.2 Å². The minimum atomic E-state index is -1.53. The number of carbonyl (C=O) groups is 9. The monoisotopic (exact) mass is 1170 g/mol. The highest BCUT2D eigenvalue weighted by Gasteiger charge is 2.51. The quantitative estimate of drug-likeness (QED) is 0.0686. The number of rotatable bonds is 20. The molecule has 4 aromatic rings. The summed E-state index contributed by atoms with van der Waals surface area (Å²) < 4.78 is 28.2. The molecule has 23 nitrogen and oxygen atoms in total. The van der Waals surface area contributed by atoms with Crippen LogP contribution in [0.25, 0.3) is 0 Å². The second kappa shape index (κ2) is 30.2. The van der Waals surface area contributed by atoms with Crippen LogP contribution < -0.4 is 15.8 Å². The first-order valence-electron chi connectivity index (χ1n) is 28.8. The van der Waals surface area contributed by atoms with Crippen LogP contribution in [0, 0.1) is 11.8 Å². The van der Waals surface area contributed by atoms with Crippen molar-refractivity contribution >= 4 is 53.8 Å².